The Morgan fingerprint density at radius 3 is 2.36 bits per heavy atom. The third kappa shape index (κ3) is 2.38. The van der Waals surface area contributed by atoms with E-state index < -0.39 is 6.10 Å². The van der Waals surface area contributed by atoms with Crippen molar-refractivity contribution in [3.8, 4) is 0 Å². The van der Waals surface area contributed by atoms with Gasteiger partial charge >= 0.3 is 0 Å². The summed E-state index contributed by atoms with van der Waals surface area (Å²) in [6.45, 7) is -0.355. The van der Waals surface area contributed by atoms with Crippen molar-refractivity contribution in [2.75, 3.05) is 13.2 Å². The largest absolute Gasteiger partial charge is 0.393 e. The van der Waals surface area contributed by atoms with Crippen LogP contribution in [0.25, 0.3) is 0 Å². The third-order valence-corrected chi connectivity index (χ3v) is 1.98. The highest BCUT2D eigenvalue weighted by Gasteiger charge is 2.07. The van der Waals surface area contributed by atoms with Gasteiger partial charge in [-0.1, -0.05) is 24.3 Å². The second-order valence-electron chi connectivity index (χ2n) is 2.95. The molecule has 0 bridgehead atoms. The summed E-state index contributed by atoms with van der Waals surface area (Å²) >= 11 is 0. The van der Waals surface area contributed by atoms with Crippen molar-refractivity contribution >= 4 is 5.78 Å². The van der Waals surface area contributed by atoms with Gasteiger partial charge in [0.25, 0.3) is 0 Å². The smallest absolute Gasteiger partial charge is 0.176 e. The maximum atomic E-state index is 11.1. The van der Waals surface area contributed by atoms with Crippen LogP contribution < -0.4 is 5.73 Å². The molecule has 0 saturated carbocycles. The molecule has 4 nitrogen and oxygen atoms in total. The molecule has 1 rings (SSSR count). The highest BCUT2D eigenvalue weighted by molar-refractivity contribution is 5.97. The molecule has 0 aromatic heterocycles. The quantitative estimate of drug-likeness (QED) is 0.583. The van der Waals surface area contributed by atoms with Gasteiger partial charge in [0.15, 0.2) is 5.78 Å². The zero-order valence-corrected chi connectivity index (χ0v) is 7.68. The summed E-state index contributed by atoms with van der Waals surface area (Å²) < 4.78 is 0. The van der Waals surface area contributed by atoms with Gasteiger partial charge in [0.2, 0.25) is 0 Å². The first-order chi connectivity index (χ1) is 6.69. The van der Waals surface area contributed by atoms with E-state index in [1.54, 1.807) is 24.3 Å². The summed E-state index contributed by atoms with van der Waals surface area (Å²) in [5.74, 6) is -0.143. The van der Waals surface area contributed by atoms with Crippen LogP contribution in [0.3, 0.4) is 0 Å². The van der Waals surface area contributed by atoms with Crippen molar-refractivity contribution in [1.82, 2.24) is 0 Å². The molecule has 1 unspecified atom stereocenters. The Hall–Kier alpha value is -1.23. The second kappa shape index (κ2) is 4.85. The lowest BCUT2D eigenvalue weighted by Gasteiger charge is -2.07. The third-order valence-electron chi connectivity index (χ3n) is 1.98. The number of aliphatic hydroxyl groups is 2. The number of ketones is 1. The zero-order chi connectivity index (χ0) is 10.6. The molecule has 0 aliphatic rings. The number of rotatable bonds is 4. The molecule has 0 aliphatic carbocycles. The summed E-state index contributed by atoms with van der Waals surface area (Å²) in [6.07, 6.45) is -0.892. The average Bonchev–Trinajstić information content (AvgIpc) is 2.27. The lowest BCUT2D eigenvalue weighted by atomic mass is 10.1. The molecular weight excluding hydrogens is 182 g/mol. The van der Waals surface area contributed by atoms with Crippen LogP contribution in [0.15, 0.2) is 24.3 Å². The SMILES string of the molecule is NCC(=O)c1ccc(C(O)CO)cc1. The number of carbonyl (C=O) groups excluding carboxylic acids is 1. The Morgan fingerprint density at radius 2 is 1.93 bits per heavy atom. The van der Waals surface area contributed by atoms with Gasteiger partial charge in [0.05, 0.1) is 13.2 Å². The van der Waals surface area contributed by atoms with E-state index >= 15 is 0 Å². The Balaban J connectivity index is 2.83. The predicted octanol–water partition coefficient (Wildman–Crippen LogP) is -0.146. The number of hydrogen-bond acceptors (Lipinski definition) is 4. The minimum absolute atomic E-state index is 0.0259. The van der Waals surface area contributed by atoms with E-state index in [0.717, 1.165) is 0 Å². The number of Topliss-reactive ketones (excluding diaryl/α,β-unsaturated/α-hetero) is 1. The van der Waals surface area contributed by atoms with Crippen LogP contribution in [-0.4, -0.2) is 29.1 Å². The molecule has 0 amide bonds. The lowest BCUT2D eigenvalue weighted by Crippen LogP contribution is -2.13. The first-order valence-electron chi connectivity index (χ1n) is 4.31. The van der Waals surface area contributed by atoms with E-state index in [0.29, 0.717) is 11.1 Å². The van der Waals surface area contributed by atoms with E-state index in [-0.39, 0.29) is 18.9 Å². The second-order valence-corrected chi connectivity index (χ2v) is 2.95. The minimum Gasteiger partial charge on any atom is -0.393 e. The molecule has 1 aromatic rings. The zero-order valence-electron chi connectivity index (χ0n) is 7.68. The molecule has 0 heterocycles. The van der Waals surface area contributed by atoms with Crippen LogP contribution in [0.1, 0.15) is 22.0 Å². The Morgan fingerprint density at radius 1 is 1.36 bits per heavy atom. The summed E-state index contributed by atoms with van der Waals surface area (Å²) in [4.78, 5) is 11.1. The number of carbonyl (C=O) groups is 1. The van der Waals surface area contributed by atoms with Crippen LogP contribution >= 0.6 is 0 Å². The van der Waals surface area contributed by atoms with Gasteiger partial charge in [-0.15, -0.1) is 0 Å². The van der Waals surface area contributed by atoms with Crippen LogP contribution in [0.2, 0.25) is 0 Å². The highest BCUT2D eigenvalue weighted by atomic mass is 16.3. The van der Waals surface area contributed by atoms with Gasteiger partial charge in [-0.2, -0.15) is 0 Å². The number of nitrogens with two attached hydrogens (primary N) is 1. The van der Waals surface area contributed by atoms with Gasteiger partial charge in [-0.25, -0.2) is 0 Å². The molecule has 76 valence electrons. The molecule has 0 aliphatic heterocycles. The molecule has 1 atom stereocenters. The van der Waals surface area contributed by atoms with Crippen molar-refractivity contribution < 1.29 is 15.0 Å². The van der Waals surface area contributed by atoms with Crippen LogP contribution in [0.4, 0.5) is 0 Å². The Bertz CT molecular complexity index is 308. The lowest BCUT2D eigenvalue weighted by molar-refractivity contribution is 0.0954. The Kier molecular flexibility index (Phi) is 3.76. The van der Waals surface area contributed by atoms with Crippen molar-refractivity contribution in [3.05, 3.63) is 35.4 Å². The normalized spacial score (nSPS) is 12.5. The maximum Gasteiger partial charge on any atom is 0.176 e. The van der Waals surface area contributed by atoms with Gasteiger partial charge in [-0.3, -0.25) is 4.79 Å². The first kappa shape index (κ1) is 10.8. The minimum atomic E-state index is -0.892. The monoisotopic (exact) mass is 195 g/mol. The maximum absolute atomic E-state index is 11.1. The van der Waals surface area contributed by atoms with Crippen molar-refractivity contribution in [3.63, 3.8) is 0 Å². The van der Waals surface area contributed by atoms with E-state index in [4.69, 9.17) is 10.8 Å². The van der Waals surface area contributed by atoms with Gasteiger partial charge in [0, 0.05) is 5.56 Å². The van der Waals surface area contributed by atoms with E-state index in [1.165, 1.54) is 0 Å². The Labute approximate surface area is 82.0 Å². The van der Waals surface area contributed by atoms with Crippen LogP contribution in [0, 0.1) is 0 Å². The van der Waals surface area contributed by atoms with Crippen molar-refractivity contribution in [2.45, 2.75) is 6.10 Å². The summed E-state index contributed by atoms with van der Waals surface area (Å²) in [6, 6.07) is 6.38. The molecule has 0 radical (unpaired) electrons. The topological polar surface area (TPSA) is 83.6 Å². The molecule has 4 N–H and O–H groups in total. The van der Waals surface area contributed by atoms with Crippen molar-refractivity contribution in [2.24, 2.45) is 5.73 Å². The van der Waals surface area contributed by atoms with E-state index in [1.807, 2.05) is 0 Å². The molecule has 4 heteroatoms. The molecular formula is C10H13NO3. The summed E-state index contributed by atoms with van der Waals surface area (Å²) in [5, 5.41) is 17.9. The van der Waals surface area contributed by atoms with Gasteiger partial charge < -0.3 is 15.9 Å². The van der Waals surface area contributed by atoms with Crippen LogP contribution in [-0.2, 0) is 0 Å². The number of aliphatic hydroxyl groups excluding tert-OH is 2. The van der Waals surface area contributed by atoms with Gasteiger partial charge in [-0.05, 0) is 5.56 Å². The molecule has 14 heavy (non-hydrogen) atoms. The average molecular weight is 195 g/mol. The predicted molar refractivity (Wildman–Crippen MR) is 51.9 cm³/mol. The van der Waals surface area contributed by atoms with Gasteiger partial charge in [0.1, 0.15) is 6.10 Å². The number of hydrogen-bond donors (Lipinski definition) is 3. The fraction of sp³-hybridized carbons (Fsp3) is 0.300. The first-order valence-corrected chi connectivity index (χ1v) is 4.31. The standard InChI is InChI=1S/C10H13NO3/c11-5-9(13)7-1-3-8(4-2-7)10(14)6-12/h1-4,10,12,14H,5-6,11H2. The number of benzene rings is 1. The van der Waals surface area contributed by atoms with E-state index in [9.17, 15) is 9.90 Å². The van der Waals surface area contributed by atoms with E-state index in [2.05, 4.69) is 0 Å². The van der Waals surface area contributed by atoms with Crippen LogP contribution in [0.5, 0.6) is 0 Å². The summed E-state index contributed by atoms with van der Waals surface area (Å²) in [5.41, 5.74) is 6.29. The fourth-order valence-electron chi connectivity index (χ4n) is 1.11. The molecule has 0 fully saturated rings. The molecule has 1 aromatic carbocycles. The fourth-order valence-corrected chi connectivity index (χ4v) is 1.11. The van der Waals surface area contributed by atoms with Crippen molar-refractivity contribution in [1.29, 1.82) is 0 Å². The highest BCUT2D eigenvalue weighted by Crippen LogP contribution is 2.13. The molecule has 0 spiro atoms. The molecule has 0 saturated heterocycles. The summed E-state index contributed by atoms with van der Waals surface area (Å²) in [7, 11) is 0.